The molecular weight excluding hydrogens is 498 g/mol. The summed E-state index contributed by atoms with van der Waals surface area (Å²) in [5.41, 5.74) is 1.44. The van der Waals surface area contributed by atoms with Crippen LogP contribution in [0.2, 0.25) is 0 Å². The van der Waals surface area contributed by atoms with Gasteiger partial charge in [0.15, 0.2) is 0 Å². The van der Waals surface area contributed by atoms with E-state index in [4.69, 9.17) is 0 Å². The van der Waals surface area contributed by atoms with Gasteiger partial charge in [-0.3, -0.25) is 0 Å². The molecule has 0 nitrogen and oxygen atoms in total. The molecule has 0 atom stereocenters. The molecule has 0 radical (unpaired) electrons. The van der Waals surface area contributed by atoms with Crippen LogP contribution in [0.5, 0.6) is 0 Å². The van der Waals surface area contributed by atoms with E-state index < -0.39 is 0 Å². The van der Waals surface area contributed by atoms with Crippen molar-refractivity contribution in [3.8, 4) is 0 Å². The average Bonchev–Trinajstić information content (AvgIpc) is 2.75. The first-order chi connectivity index (χ1) is 9.25. The number of benzene rings is 2. The molecule has 2 aromatic carbocycles. The van der Waals surface area contributed by atoms with Crippen molar-refractivity contribution in [2.75, 3.05) is 0 Å². The molecular formula is C15H10Br2Se2. The van der Waals surface area contributed by atoms with Gasteiger partial charge in [0, 0.05) is 0 Å². The zero-order valence-electron chi connectivity index (χ0n) is 9.90. The molecule has 1 heterocycles. The Labute approximate surface area is 141 Å². The average molecular weight is 508 g/mol. The van der Waals surface area contributed by atoms with Gasteiger partial charge in [0.25, 0.3) is 0 Å². The fourth-order valence-electron chi connectivity index (χ4n) is 1.90. The van der Waals surface area contributed by atoms with E-state index in [-0.39, 0.29) is 0 Å². The monoisotopic (exact) mass is 508 g/mol. The Kier molecular flexibility index (Phi) is 4.69. The van der Waals surface area contributed by atoms with E-state index in [9.17, 15) is 0 Å². The molecule has 3 rings (SSSR count). The third-order valence-corrected chi connectivity index (χ3v) is 11.2. The summed E-state index contributed by atoms with van der Waals surface area (Å²) >= 11 is 8.40. The van der Waals surface area contributed by atoms with Crippen LogP contribution >= 0.6 is 31.9 Å². The fraction of sp³-hybridized carbons (Fsp3) is 0.0667. The molecule has 0 aliphatic carbocycles. The minimum absolute atomic E-state index is 0.434. The fourth-order valence-corrected chi connectivity index (χ4v) is 9.47. The van der Waals surface area contributed by atoms with Gasteiger partial charge in [0.05, 0.1) is 0 Å². The summed E-state index contributed by atoms with van der Waals surface area (Å²) in [5, 5.41) is 2.62. The summed E-state index contributed by atoms with van der Waals surface area (Å²) in [6, 6.07) is 17.3. The quantitative estimate of drug-likeness (QED) is 0.471. The van der Waals surface area contributed by atoms with Crippen molar-refractivity contribution in [2.24, 2.45) is 0 Å². The van der Waals surface area contributed by atoms with Gasteiger partial charge >= 0.3 is 143 Å². The first-order valence-corrected chi connectivity index (χ1v) is 11.2. The molecule has 4 heteroatoms. The third-order valence-electron chi connectivity index (χ3n) is 2.81. The second-order valence-corrected chi connectivity index (χ2v) is 11.1. The van der Waals surface area contributed by atoms with Crippen molar-refractivity contribution in [2.45, 2.75) is 5.32 Å². The third kappa shape index (κ3) is 3.10. The number of hydrogen-bond donors (Lipinski definition) is 0. The van der Waals surface area contributed by atoms with Crippen LogP contribution < -0.4 is 4.46 Å². The summed E-state index contributed by atoms with van der Waals surface area (Å²) in [6.07, 6.45) is 0. The topological polar surface area (TPSA) is 0 Å². The summed E-state index contributed by atoms with van der Waals surface area (Å²) in [5.74, 6) is 0. The number of hydrogen-bond acceptors (Lipinski definition) is 0. The van der Waals surface area contributed by atoms with E-state index in [0.29, 0.717) is 29.5 Å². The molecule has 19 heavy (non-hydrogen) atoms. The second-order valence-electron chi connectivity index (χ2n) is 4.10. The molecule has 0 bridgehead atoms. The molecule has 0 saturated heterocycles. The van der Waals surface area contributed by atoms with Crippen molar-refractivity contribution >= 4 is 75.4 Å². The maximum atomic E-state index is 3.80. The zero-order valence-corrected chi connectivity index (χ0v) is 16.5. The van der Waals surface area contributed by atoms with Crippen LogP contribution in [0.25, 0.3) is 9.65 Å². The standard InChI is InChI=1S/C15H10Br2Se2/c16-12-8-4-7-11-13(12)19-15(17)14(11)18-9-10-5-2-1-3-6-10/h1-8H,9H2. The molecule has 3 aromatic rings. The van der Waals surface area contributed by atoms with Gasteiger partial charge in [-0.05, 0) is 0 Å². The molecule has 0 spiro atoms. The SMILES string of the molecule is Brc1[se]c2c(Br)cccc2c1[Se]Cc1ccccc1. The summed E-state index contributed by atoms with van der Waals surface area (Å²) in [4.78, 5) is 0. The van der Waals surface area contributed by atoms with E-state index in [1.807, 2.05) is 0 Å². The van der Waals surface area contributed by atoms with Crippen LogP contribution in [0, 0.1) is 0 Å². The van der Waals surface area contributed by atoms with Gasteiger partial charge in [-0.1, -0.05) is 0 Å². The molecule has 0 saturated carbocycles. The molecule has 0 unspecified atom stereocenters. The molecule has 0 aliphatic rings. The number of rotatable bonds is 3. The van der Waals surface area contributed by atoms with Gasteiger partial charge in [0.1, 0.15) is 0 Å². The Hall–Kier alpha value is 0.179. The maximum absolute atomic E-state index is 3.80. The van der Waals surface area contributed by atoms with E-state index in [2.05, 4.69) is 80.4 Å². The predicted molar refractivity (Wildman–Crippen MR) is 91.8 cm³/mol. The second kappa shape index (κ2) is 6.30. The zero-order chi connectivity index (χ0) is 13.2. The van der Waals surface area contributed by atoms with E-state index in [1.54, 1.807) is 4.46 Å². The van der Waals surface area contributed by atoms with Crippen LogP contribution in [0.15, 0.2) is 56.4 Å². The first kappa shape index (κ1) is 14.1. The van der Waals surface area contributed by atoms with Gasteiger partial charge in [-0.25, -0.2) is 0 Å². The van der Waals surface area contributed by atoms with Gasteiger partial charge in [-0.2, -0.15) is 0 Å². The normalized spacial score (nSPS) is 11.1. The van der Waals surface area contributed by atoms with Crippen LogP contribution in [0.4, 0.5) is 0 Å². The molecule has 96 valence electrons. The van der Waals surface area contributed by atoms with Crippen molar-refractivity contribution < 1.29 is 0 Å². The Bertz CT molecular complexity index is 705. The van der Waals surface area contributed by atoms with E-state index in [0.717, 1.165) is 0 Å². The van der Waals surface area contributed by atoms with E-state index in [1.165, 1.54) is 28.3 Å². The Morgan fingerprint density at radius 3 is 2.53 bits per heavy atom. The molecule has 0 fully saturated rings. The van der Waals surface area contributed by atoms with E-state index >= 15 is 0 Å². The Morgan fingerprint density at radius 1 is 0.947 bits per heavy atom. The Morgan fingerprint density at radius 2 is 1.74 bits per heavy atom. The summed E-state index contributed by atoms with van der Waals surface area (Å²) in [7, 11) is 0. The van der Waals surface area contributed by atoms with Crippen LogP contribution in [0.3, 0.4) is 0 Å². The summed E-state index contributed by atoms with van der Waals surface area (Å²) in [6.45, 7) is 0. The predicted octanol–water partition coefficient (Wildman–Crippen LogP) is 3.95. The summed E-state index contributed by atoms with van der Waals surface area (Å²) < 4.78 is 5.73. The minimum atomic E-state index is 0.434. The van der Waals surface area contributed by atoms with Crippen LogP contribution in [-0.4, -0.2) is 29.5 Å². The van der Waals surface area contributed by atoms with Gasteiger partial charge in [0.2, 0.25) is 0 Å². The van der Waals surface area contributed by atoms with Crippen molar-refractivity contribution in [3.63, 3.8) is 0 Å². The molecule has 0 aliphatic heterocycles. The van der Waals surface area contributed by atoms with Crippen LogP contribution in [-0.2, 0) is 5.32 Å². The number of halogens is 2. The molecule has 0 amide bonds. The first-order valence-electron chi connectivity index (χ1n) is 5.79. The molecule has 1 aromatic heterocycles. The van der Waals surface area contributed by atoms with Gasteiger partial charge < -0.3 is 0 Å². The van der Waals surface area contributed by atoms with Crippen molar-refractivity contribution in [1.82, 2.24) is 0 Å². The van der Waals surface area contributed by atoms with Gasteiger partial charge in [-0.15, -0.1) is 0 Å². The van der Waals surface area contributed by atoms with Crippen molar-refractivity contribution in [1.29, 1.82) is 0 Å². The van der Waals surface area contributed by atoms with Crippen molar-refractivity contribution in [3.05, 3.63) is 61.9 Å². The molecule has 0 N–H and O–H groups in total. The number of fused-ring (bicyclic) bond motifs is 1. The van der Waals surface area contributed by atoms with Crippen LogP contribution in [0.1, 0.15) is 5.56 Å². The Balaban J connectivity index is 1.93.